The third kappa shape index (κ3) is 4.27. The van der Waals surface area contributed by atoms with Crippen LogP contribution in [0, 0.1) is 5.92 Å². The third-order valence-corrected chi connectivity index (χ3v) is 3.26. The highest BCUT2D eigenvalue weighted by molar-refractivity contribution is 5.89. The highest BCUT2D eigenvalue weighted by atomic mass is 19.3. The maximum atomic E-state index is 12.0. The molecule has 22 heavy (non-hydrogen) atoms. The SMILES string of the molecule is O=C(O)C1CCCN(C(=O)Nc2ccc(OC(F)F)nc2)C1. The van der Waals surface area contributed by atoms with Crippen LogP contribution in [0.25, 0.3) is 0 Å². The van der Waals surface area contributed by atoms with Gasteiger partial charge in [0.25, 0.3) is 0 Å². The molecule has 0 saturated carbocycles. The van der Waals surface area contributed by atoms with Crippen LogP contribution >= 0.6 is 0 Å². The van der Waals surface area contributed by atoms with Gasteiger partial charge >= 0.3 is 18.6 Å². The molecule has 1 unspecified atom stereocenters. The van der Waals surface area contributed by atoms with Crippen molar-refractivity contribution >= 4 is 17.7 Å². The minimum absolute atomic E-state index is 0.140. The normalized spacial score (nSPS) is 18.1. The van der Waals surface area contributed by atoms with Gasteiger partial charge in [0.15, 0.2) is 0 Å². The van der Waals surface area contributed by atoms with Gasteiger partial charge in [-0.25, -0.2) is 9.78 Å². The zero-order valence-corrected chi connectivity index (χ0v) is 11.5. The lowest BCUT2D eigenvalue weighted by molar-refractivity contribution is -0.143. The summed E-state index contributed by atoms with van der Waals surface area (Å²) in [6, 6.07) is 2.13. The molecule has 1 aromatic rings. The van der Waals surface area contributed by atoms with E-state index in [1.165, 1.54) is 23.2 Å². The molecule has 120 valence electrons. The Bertz CT molecular complexity index is 539. The lowest BCUT2D eigenvalue weighted by Crippen LogP contribution is -2.44. The summed E-state index contributed by atoms with van der Waals surface area (Å²) in [7, 11) is 0. The molecule has 9 heteroatoms. The van der Waals surface area contributed by atoms with Gasteiger partial charge in [0, 0.05) is 19.2 Å². The summed E-state index contributed by atoms with van der Waals surface area (Å²) < 4.78 is 28.1. The number of hydrogen-bond donors (Lipinski definition) is 2. The van der Waals surface area contributed by atoms with E-state index < -0.39 is 24.5 Å². The molecule has 0 radical (unpaired) electrons. The number of hydrogen-bond acceptors (Lipinski definition) is 4. The average molecular weight is 315 g/mol. The molecular formula is C13H15F2N3O4. The first-order valence-electron chi connectivity index (χ1n) is 6.65. The van der Waals surface area contributed by atoms with Gasteiger partial charge in [-0.1, -0.05) is 0 Å². The quantitative estimate of drug-likeness (QED) is 0.887. The number of anilines is 1. The number of aliphatic carboxylic acids is 1. The summed E-state index contributed by atoms with van der Waals surface area (Å²) >= 11 is 0. The van der Waals surface area contributed by atoms with Crippen LogP contribution in [0.5, 0.6) is 5.88 Å². The maximum Gasteiger partial charge on any atom is 0.388 e. The van der Waals surface area contributed by atoms with Gasteiger partial charge in [0.05, 0.1) is 17.8 Å². The number of pyridine rings is 1. The fourth-order valence-electron chi connectivity index (χ4n) is 2.18. The van der Waals surface area contributed by atoms with E-state index >= 15 is 0 Å². The zero-order chi connectivity index (χ0) is 16.1. The second-order valence-corrected chi connectivity index (χ2v) is 4.82. The van der Waals surface area contributed by atoms with Crippen molar-refractivity contribution in [1.82, 2.24) is 9.88 Å². The average Bonchev–Trinajstić information content (AvgIpc) is 2.49. The minimum atomic E-state index is -2.96. The Morgan fingerprint density at radius 1 is 1.45 bits per heavy atom. The summed E-state index contributed by atoms with van der Waals surface area (Å²) in [6.45, 7) is -2.36. The van der Waals surface area contributed by atoms with Crippen molar-refractivity contribution in [2.45, 2.75) is 19.5 Å². The molecule has 1 fully saturated rings. The number of carbonyl (C=O) groups is 2. The van der Waals surface area contributed by atoms with E-state index in [0.29, 0.717) is 25.1 Å². The molecule has 0 bridgehead atoms. The number of likely N-dealkylation sites (tertiary alicyclic amines) is 1. The molecule has 7 nitrogen and oxygen atoms in total. The Kier molecular flexibility index (Phi) is 5.08. The number of urea groups is 1. The van der Waals surface area contributed by atoms with Crippen molar-refractivity contribution < 1.29 is 28.2 Å². The van der Waals surface area contributed by atoms with Gasteiger partial charge in [-0.05, 0) is 18.9 Å². The van der Waals surface area contributed by atoms with E-state index in [1.807, 2.05) is 0 Å². The largest absolute Gasteiger partial charge is 0.481 e. The molecule has 0 spiro atoms. The van der Waals surface area contributed by atoms with E-state index in [4.69, 9.17) is 5.11 Å². The number of piperidine rings is 1. The topological polar surface area (TPSA) is 91.8 Å². The fraction of sp³-hybridized carbons (Fsp3) is 0.462. The van der Waals surface area contributed by atoms with Crippen LogP contribution in [-0.2, 0) is 4.79 Å². The molecule has 2 amide bonds. The number of halogens is 2. The second kappa shape index (κ2) is 7.01. The van der Waals surface area contributed by atoms with Crippen molar-refractivity contribution in [3.8, 4) is 5.88 Å². The number of alkyl halides is 2. The number of carboxylic acids is 1. The zero-order valence-electron chi connectivity index (χ0n) is 11.5. The Balaban J connectivity index is 1.92. The number of aromatic nitrogens is 1. The molecule has 2 rings (SSSR count). The highest BCUT2D eigenvalue weighted by Gasteiger charge is 2.28. The van der Waals surface area contributed by atoms with E-state index in [0.717, 1.165) is 0 Å². The molecule has 1 aliphatic heterocycles. The first-order chi connectivity index (χ1) is 10.5. The fourth-order valence-corrected chi connectivity index (χ4v) is 2.18. The summed E-state index contributed by atoms with van der Waals surface area (Å²) in [5, 5.41) is 11.5. The Hall–Kier alpha value is -2.45. The number of amides is 2. The smallest absolute Gasteiger partial charge is 0.388 e. The van der Waals surface area contributed by atoms with E-state index in [1.54, 1.807) is 0 Å². The number of nitrogens with zero attached hydrogens (tertiary/aromatic N) is 2. The Morgan fingerprint density at radius 2 is 2.23 bits per heavy atom. The molecule has 1 aliphatic rings. The van der Waals surface area contributed by atoms with Crippen LogP contribution in [0.1, 0.15) is 12.8 Å². The van der Waals surface area contributed by atoms with Gasteiger partial charge in [0.2, 0.25) is 5.88 Å². The van der Waals surface area contributed by atoms with E-state index in [9.17, 15) is 18.4 Å². The number of nitrogens with one attached hydrogen (secondary N) is 1. The number of carboxylic acid groups (broad SMARTS) is 1. The van der Waals surface area contributed by atoms with Crippen molar-refractivity contribution in [2.75, 3.05) is 18.4 Å². The predicted molar refractivity (Wildman–Crippen MR) is 71.8 cm³/mol. The summed E-state index contributed by atoms with van der Waals surface area (Å²) in [5.41, 5.74) is 0.309. The van der Waals surface area contributed by atoms with E-state index in [-0.39, 0.29) is 12.4 Å². The van der Waals surface area contributed by atoms with Gasteiger partial charge in [-0.2, -0.15) is 8.78 Å². The third-order valence-electron chi connectivity index (χ3n) is 3.26. The van der Waals surface area contributed by atoms with Crippen molar-refractivity contribution in [3.05, 3.63) is 18.3 Å². The van der Waals surface area contributed by atoms with Gasteiger partial charge in [-0.15, -0.1) is 0 Å². The molecule has 2 heterocycles. The number of ether oxygens (including phenoxy) is 1. The summed E-state index contributed by atoms with van der Waals surface area (Å²) in [4.78, 5) is 28.0. The first kappa shape index (κ1) is 15.9. The minimum Gasteiger partial charge on any atom is -0.481 e. The summed E-state index contributed by atoms with van der Waals surface area (Å²) in [5.74, 6) is -1.75. The standard InChI is InChI=1S/C13H15F2N3O4/c14-12(15)22-10-4-3-9(6-16-10)17-13(21)18-5-1-2-8(7-18)11(19)20/h3-4,6,8,12H,1-2,5,7H2,(H,17,21)(H,19,20). The van der Waals surface area contributed by atoms with Crippen LogP contribution in [0.3, 0.4) is 0 Å². The molecule has 2 N–H and O–H groups in total. The second-order valence-electron chi connectivity index (χ2n) is 4.82. The highest BCUT2D eigenvalue weighted by Crippen LogP contribution is 2.19. The molecule has 1 atom stereocenters. The maximum absolute atomic E-state index is 12.0. The van der Waals surface area contributed by atoms with E-state index in [2.05, 4.69) is 15.0 Å². The van der Waals surface area contributed by atoms with Gasteiger partial charge in [0.1, 0.15) is 0 Å². The van der Waals surface area contributed by atoms with Crippen LogP contribution in [0.4, 0.5) is 19.3 Å². The lowest BCUT2D eigenvalue weighted by Gasteiger charge is -2.30. The van der Waals surface area contributed by atoms with Crippen molar-refractivity contribution in [1.29, 1.82) is 0 Å². The molecule has 1 aromatic heterocycles. The van der Waals surface area contributed by atoms with Crippen LogP contribution in [-0.4, -0.2) is 46.7 Å². The molecule has 1 saturated heterocycles. The first-order valence-corrected chi connectivity index (χ1v) is 6.65. The monoisotopic (exact) mass is 315 g/mol. The molecule has 0 aliphatic carbocycles. The van der Waals surface area contributed by atoms with Gasteiger partial charge in [-0.3, -0.25) is 4.79 Å². The Morgan fingerprint density at radius 3 is 2.82 bits per heavy atom. The number of carbonyl (C=O) groups excluding carboxylic acids is 1. The molecule has 0 aromatic carbocycles. The van der Waals surface area contributed by atoms with Crippen molar-refractivity contribution in [3.63, 3.8) is 0 Å². The van der Waals surface area contributed by atoms with Crippen LogP contribution in [0.15, 0.2) is 18.3 Å². The van der Waals surface area contributed by atoms with Crippen molar-refractivity contribution in [2.24, 2.45) is 5.92 Å². The van der Waals surface area contributed by atoms with Crippen LogP contribution in [0.2, 0.25) is 0 Å². The lowest BCUT2D eigenvalue weighted by atomic mass is 9.99. The summed E-state index contributed by atoms with van der Waals surface area (Å²) in [6.07, 6.45) is 2.35. The molecular weight excluding hydrogens is 300 g/mol. The predicted octanol–water partition coefficient (Wildman–Crippen LogP) is 2.01. The van der Waals surface area contributed by atoms with Crippen LogP contribution < -0.4 is 10.1 Å². The Labute approximate surface area is 124 Å². The van der Waals surface area contributed by atoms with Gasteiger partial charge < -0.3 is 20.1 Å². The number of rotatable bonds is 4.